The second-order valence-electron chi connectivity index (χ2n) is 6.31. The molecule has 0 aliphatic heterocycles. The molecule has 0 unspecified atom stereocenters. The molecule has 1 saturated carbocycles. The summed E-state index contributed by atoms with van der Waals surface area (Å²) in [4.78, 5) is 0.212. The van der Waals surface area contributed by atoms with Crippen molar-refractivity contribution in [2.45, 2.75) is 37.4 Å². The summed E-state index contributed by atoms with van der Waals surface area (Å²) < 4.78 is 35.3. The largest absolute Gasteiger partial charge is 0.374 e. The molecule has 0 radical (unpaired) electrons. The van der Waals surface area contributed by atoms with Crippen molar-refractivity contribution in [1.82, 2.24) is 0 Å². The van der Waals surface area contributed by atoms with Gasteiger partial charge in [-0.25, -0.2) is 0 Å². The van der Waals surface area contributed by atoms with E-state index in [1.807, 2.05) is 37.3 Å². The van der Waals surface area contributed by atoms with Crippen LogP contribution in [0.5, 0.6) is 0 Å². The number of aryl methyl sites for hydroxylation is 1. The molecule has 5 heteroatoms. The van der Waals surface area contributed by atoms with Gasteiger partial charge in [-0.05, 0) is 43.4 Å². The highest BCUT2D eigenvalue weighted by Gasteiger charge is 2.31. The zero-order valence-corrected chi connectivity index (χ0v) is 14.5. The molecule has 0 spiro atoms. The van der Waals surface area contributed by atoms with Crippen molar-refractivity contribution >= 4 is 10.1 Å². The van der Waals surface area contributed by atoms with Crippen molar-refractivity contribution in [2.24, 2.45) is 5.92 Å². The standard InChI is InChI=1S/C19H22O4S/c1-15-7-9-19(10-8-15)24(20,21)23-14-17-11-18(12-17)22-13-16-5-3-2-4-6-16/h2-10,17-18H,11-14H2,1H3. The van der Waals surface area contributed by atoms with Crippen LogP contribution in [0.1, 0.15) is 24.0 Å². The van der Waals surface area contributed by atoms with E-state index in [9.17, 15) is 8.42 Å². The van der Waals surface area contributed by atoms with E-state index in [1.165, 1.54) is 0 Å². The topological polar surface area (TPSA) is 52.6 Å². The quantitative estimate of drug-likeness (QED) is 0.718. The minimum Gasteiger partial charge on any atom is -0.374 e. The highest BCUT2D eigenvalue weighted by molar-refractivity contribution is 7.86. The SMILES string of the molecule is Cc1ccc(S(=O)(=O)OCC2CC(OCc3ccccc3)C2)cc1. The van der Waals surface area contributed by atoms with Crippen LogP contribution < -0.4 is 0 Å². The molecule has 1 aliphatic carbocycles. The number of hydrogen-bond donors (Lipinski definition) is 0. The number of benzene rings is 2. The van der Waals surface area contributed by atoms with Gasteiger partial charge in [-0.2, -0.15) is 8.42 Å². The third kappa shape index (κ3) is 4.44. The lowest BCUT2D eigenvalue weighted by Crippen LogP contribution is -2.34. The van der Waals surface area contributed by atoms with Crippen molar-refractivity contribution in [3.05, 3.63) is 65.7 Å². The smallest absolute Gasteiger partial charge is 0.296 e. The first-order chi connectivity index (χ1) is 11.5. The van der Waals surface area contributed by atoms with E-state index in [-0.39, 0.29) is 23.5 Å². The Morgan fingerprint density at radius 2 is 1.67 bits per heavy atom. The fourth-order valence-corrected chi connectivity index (χ4v) is 3.67. The van der Waals surface area contributed by atoms with Gasteiger partial charge in [0.1, 0.15) is 0 Å². The average Bonchev–Trinajstić information content (AvgIpc) is 2.54. The van der Waals surface area contributed by atoms with Gasteiger partial charge in [0, 0.05) is 0 Å². The molecule has 0 heterocycles. The van der Waals surface area contributed by atoms with E-state index in [2.05, 4.69) is 0 Å². The summed E-state index contributed by atoms with van der Waals surface area (Å²) >= 11 is 0. The van der Waals surface area contributed by atoms with Crippen LogP contribution in [0, 0.1) is 12.8 Å². The summed E-state index contributed by atoms with van der Waals surface area (Å²) in [7, 11) is -3.66. The monoisotopic (exact) mass is 346 g/mol. The van der Waals surface area contributed by atoms with Crippen molar-refractivity contribution in [3.8, 4) is 0 Å². The van der Waals surface area contributed by atoms with Crippen LogP contribution in [-0.4, -0.2) is 21.1 Å². The van der Waals surface area contributed by atoms with Gasteiger partial charge in [0.2, 0.25) is 0 Å². The third-order valence-electron chi connectivity index (χ3n) is 4.29. The molecular weight excluding hydrogens is 324 g/mol. The Morgan fingerprint density at radius 3 is 2.33 bits per heavy atom. The van der Waals surface area contributed by atoms with Crippen molar-refractivity contribution < 1.29 is 17.3 Å². The molecule has 2 aromatic carbocycles. The molecular formula is C19H22O4S. The molecule has 0 aromatic heterocycles. The zero-order chi connectivity index (χ0) is 17.0. The van der Waals surface area contributed by atoms with Crippen LogP contribution in [-0.2, 0) is 25.6 Å². The Balaban J connectivity index is 1.40. The lowest BCUT2D eigenvalue weighted by molar-refractivity contribution is -0.0500. The second-order valence-corrected chi connectivity index (χ2v) is 7.92. The van der Waals surface area contributed by atoms with Gasteiger partial charge in [0.15, 0.2) is 0 Å². The van der Waals surface area contributed by atoms with E-state index in [4.69, 9.17) is 8.92 Å². The molecule has 0 N–H and O–H groups in total. The molecule has 4 nitrogen and oxygen atoms in total. The van der Waals surface area contributed by atoms with Gasteiger partial charge in [-0.1, -0.05) is 48.0 Å². The first kappa shape index (κ1) is 17.1. The van der Waals surface area contributed by atoms with Gasteiger partial charge >= 0.3 is 0 Å². The maximum atomic E-state index is 12.1. The summed E-state index contributed by atoms with van der Waals surface area (Å²) in [5.41, 5.74) is 2.17. The van der Waals surface area contributed by atoms with Gasteiger partial charge in [0.25, 0.3) is 10.1 Å². The predicted molar refractivity (Wildman–Crippen MR) is 92.1 cm³/mol. The van der Waals surface area contributed by atoms with E-state index < -0.39 is 10.1 Å². The molecule has 2 aromatic rings. The summed E-state index contributed by atoms with van der Waals surface area (Å²) in [6.07, 6.45) is 1.88. The molecule has 1 fully saturated rings. The average molecular weight is 346 g/mol. The first-order valence-corrected chi connectivity index (χ1v) is 9.55. The maximum absolute atomic E-state index is 12.1. The van der Waals surface area contributed by atoms with Gasteiger partial charge in [0.05, 0.1) is 24.2 Å². The van der Waals surface area contributed by atoms with Gasteiger partial charge < -0.3 is 4.74 Å². The predicted octanol–water partition coefficient (Wildman–Crippen LogP) is 3.70. The fraction of sp³-hybridized carbons (Fsp3) is 0.368. The Bertz CT molecular complexity index is 748. The second kappa shape index (κ2) is 7.47. The first-order valence-electron chi connectivity index (χ1n) is 8.14. The Morgan fingerprint density at radius 1 is 1.00 bits per heavy atom. The van der Waals surface area contributed by atoms with Crippen LogP contribution in [0.25, 0.3) is 0 Å². The zero-order valence-electron chi connectivity index (χ0n) is 13.7. The van der Waals surface area contributed by atoms with E-state index in [0.29, 0.717) is 6.61 Å². The summed E-state index contributed by atoms with van der Waals surface area (Å²) in [6, 6.07) is 16.7. The van der Waals surface area contributed by atoms with Crippen LogP contribution in [0.4, 0.5) is 0 Å². The summed E-state index contributed by atoms with van der Waals surface area (Å²) in [5.74, 6) is 0.242. The lowest BCUT2D eigenvalue weighted by Gasteiger charge is -2.34. The Labute approximate surface area is 143 Å². The van der Waals surface area contributed by atoms with E-state index in [0.717, 1.165) is 24.0 Å². The summed E-state index contributed by atoms with van der Waals surface area (Å²) in [5, 5.41) is 0. The normalized spacial score (nSPS) is 20.5. The molecule has 3 rings (SSSR count). The Hall–Kier alpha value is -1.69. The highest BCUT2D eigenvalue weighted by atomic mass is 32.2. The van der Waals surface area contributed by atoms with Crippen molar-refractivity contribution in [3.63, 3.8) is 0 Å². The number of hydrogen-bond acceptors (Lipinski definition) is 4. The van der Waals surface area contributed by atoms with Crippen LogP contribution in [0.3, 0.4) is 0 Å². The van der Waals surface area contributed by atoms with Crippen LogP contribution >= 0.6 is 0 Å². The van der Waals surface area contributed by atoms with Crippen LogP contribution in [0.2, 0.25) is 0 Å². The Kier molecular flexibility index (Phi) is 5.33. The molecule has 0 amide bonds. The molecule has 0 saturated heterocycles. The van der Waals surface area contributed by atoms with Crippen molar-refractivity contribution in [2.75, 3.05) is 6.61 Å². The lowest BCUT2D eigenvalue weighted by atomic mass is 9.83. The molecule has 1 aliphatic rings. The van der Waals surface area contributed by atoms with Crippen molar-refractivity contribution in [1.29, 1.82) is 0 Å². The van der Waals surface area contributed by atoms with Gasteiger partial charge in [-0.3, -0.25) is 4.18 Å². The van der Waals surface area contributed by atoms with Crippen LogP contribution in [0.15, 0.2) is 59.5 Å². The molecule has 0 atom stereocenters. The van der Waals surface area contributed by atoms with E-state index in [1.54, 1.807) is 24.3 Å². The van der Waals surface area contributed by atoms with E-state index >= 15 is 0 Å². The highest BCUT2D eigenvalue weighted by Crippen LogP contribution is 2.31. The summed E-state index contributed by atoms with van der Waals surface area (Å²) in [6.45, 7) is 2.74. The minimum absolute atomic E-state index is 0.195. The molecule has 128 valence electrons. The third-order valence-corrected chi connectivity index (χ3v) is 5.59. The number of rotatable bonds is 7. The fourth-order valence-electron chi connectivity index (χ4n) is 2.69. The molecule has 0 bridgehead atoms. The minimum atomic E-state index is -3.66. The molecule has 24 heavy (non-hydrogen) atoms. The maximum Gasteiger partial charge on any atom is 0.296 e. The van der Waals surface area contributed by atoms with Gasteiger partial charge in [-0.15, -0.1) is 0 Å². The number of ether oxygens (including phenoxy) is 1.